The molecule has 3 N–H and O–H groups in total. The van der Waals surface area contributed by atoms with Crippen LogP contribution in [0, 0.1) is 12.7 Å². The first-order valence-electron chi connectivity index (χ1n) is 6.43. The molecule has 106 valence electrons. The third-order valence-electron chi connectivity index (χ3n) is 3.40. The summed E-state index contributed by atoms with van der Waals surface area (Å²) in [6, 6.07) is 12.2. The second-order valence-electron chi connectivity index (χ2n) is 4.84. The Hall–Kier alpha value is -1.42. The molecule has 0 bridgehead atoms. The Morgan fingerprint density at radius 3 is 2.60 bits per heavy atom. The molecule has 0 spiro atoms. The van der Waals surface area contributed by atoms with E-state index in [1.165, 1.54) is 6.07 Å². The van der Waals surface area contributed by atoms with E-state index in [0.717, 1.165) is 11.1 Å². The minimum absolute atomic E-state index is 0.0393. The molecule has 2 unspecified atom stereocenters. The van der Waals surface area contributed by atoms with E-state index >= 15 is 0 Å². The van der Waals surface area contributed by atoms with Gasteiger partial charge in [-0.25, -0.2) is 4.39 Å². The number of nitrogens with two attached hydrogens (primary N) is 1. The Bertz CT molecular complexity index is 603. The molecule has 2 aromatic rings. The molecule has 20 heavy (non-hydrogen) atoms. The van der Waals surface area contributed by atoms with Gasteiger partial charge in [0, 0.05) is 12.5 Å². The Morgan fingerprint density at radius 1 is 1.25 bits per heavy atom. The summed E-state index contributed by atoms with van der Waals surface area (Å²) in [5, 5.41) is 10.5. The molecule has 2 aromatic carbocycles. The number of rotatable bonds is 4. The number of hydrogen-bond donors (Lipinski definition) is 2. The molecule has 2 nitrogen and oxygen atoms in total. The van der Waals surface area contributed by atoms with Crippen molar-refractivity contribution in [3.63, 3.8) is 0 Å². The predicted molar refractivity (Wildman–Crippen MR) is 79.3 cm³/mol. The van der Waals surface area contributed by atoms with Crippen LogP contribution in [-0.2, 0) is 0 Å². The monoisotopic (exact) mass is 293 g/mol. The minimum Gasteiger partial charge on any atom is -0.388 e. The van der Waals surface area contributed by atoms with E-state index in [0.29, 0.717) is 5.56 Å². The first kappa shape index (κ1) is 15.0. The lowest BCUT2D eigenvalue weighted by Gasteiger charge is -2.23. The summed E-state index contributed by atoms with van der Waals surface area (Å²) in [5.41, 5.74) is 7.83. The van der Waals surface area contributed by atoms with E-state index in [-0.39, 0.29) is 11.6 Å². The van der Waals surface area contributed by atoms with Crippen LogP contribution in [0.1, 0.15) is 28.7 Å². The zero-order chi connectivity index (χ0) is 14.7. The average Bonchev–Trinajstić information content (AvgIpc) is 2.44. The standard InChI is InChI=1S/C16H17ClFNO/c1-10-4-2-5-11(8-10)16(20)13(9-19)12-6-3-7-14(17)15(12)18/h2-8,13,16,20H,9,19H2,1H3. The zero-order valence-corrected chi connectivity index (χ0v) is 11.9. The predicted octanol–water partition coefficient (Wildman–Crippen LogP) is 3.56. The molecule has 2 atom stereocenters. The molecular formula is C16H17ClFNO. The van der Waals surface area contributed by atoms with Gasteiger partial charge in [-0.1, -0.05) is 53.6 Å². The van der Waals surface area contributed by atoms with Gasteiger partial charge in [-0.05, 0) is 24.1 Å². The number of aliphatic hydroxyl groups excluding tert-OH is 1. The van der Waals surface area contributed by atoms with Gasteiger partial charge >= 0.3 is 0 Å². The van der Waals surface area contributed by atoms with E-state index in [9.17, 15) is 9.50 Å². The largest absolute Gasteiger partial charge is 0.388 e. The summed E-state index contributed by atoms with van der Waals surface area (Å²) in [7, 11) is 0. The molecular weight excluding hydrogens is 277 g/mol. The lowest BCUT2D eigenvalue weighted by molar-refractivity contribution is 0.145. The first-order valence-corrected chi connectivity index (χ1v) is 6.81. The fourth-order valence-corrected chi connectivity index (χ4v) is 2.50. The maximum atomic E-state index is 14.1. The lowest BCUT2D eigenvalue weighted by atomic mass is 9.88. The smallest absolute Gasteiger partial charge is 0.145 e. The van der Waals surface area contributed by atoms with Crippen LogP contribution in [0.2, 0.25) is 5.02 Å². The van der Waals surface area contributed by atoms with Crippen molar-refractivity contribution in [1.82, 2.24) is 0 Å². The maximum absolute atomic E-state index is 14.1. The molecule has 0 aliphatic carbocycles. The van der Waals surface area contributed by atoms with Crippen molar-refractivity contribution in [3.8, 4) is 0 Å². The van der Waals surface area contributed by atoms with Gasteiger partial charge in [-0.3, -0.25) is 0 Å². The number of aryl methyl sites for hydroxylation is 1. The van der Waals surface area contributed by atoms with Gasteiger partial charge in [0.05, 0.1) is 11.1 Å². The molecule has 0 aliphatic rings. The van der Waals surface area contributed by atoms with Crippen molar-refractivity contribution in [2.24, 2.45) is 5.73 Å². The highest BCUT2D eigenvalue weighted by Gasteiger charge is 2.25. The first-order chi connectivity index (χ1) is 9.54. The minimum atomic E-state index is -0.868. The van der Waals surface area contributed by atoms with Crippen molar-refractivity contribution in [3.05, 3.63) is 70.0 Å². The summed E-state index contributed by atoms with van der Waals surface area (Å²) in [6.07, 6.45) is -0.868. The van der Waals surface area contributed by atoms with Crippen molar-refractivity contribution >= 4 is 11.6 Å². The third kappa shape index (κ3) is 3.01. The molecule has 0 saturated heterocycles. The molecule has 0 amide bonds. The van der Waals surface area contributed by atoms with Crippen LogP contribution in [0.5, 0.6) is 0 Å². The topological polar surface area (TPSA) is 46.2 Å². The van der Waals surface area contributed by atoms with Crippen LogP contribution >= 0.6 is 11.6 Å². The normalized spacial score (nSPS) is 14.1. The van der Waals surface area contributed by atoms with Crippen molar-refractivity contribution < 1.29 is 9.50 Å². The molecule has 0 aromatic heterocycles. The van der Waals surface area contributed by atoms with Crippen LogP contribution in [0.3, 0.4) is 0 Å². The van der Waals surface area contributed by atoms with E-state index in [1.54, 1.807) is 12.1 Å². The van der Waals surface area contributed by atoms with Crippen LogP contribution in [0.15, 0.2) is 42.5 Å². The molecule has 2 rings (SSSR count). The Labute approximate surface area is 123 Å². The van der Waals surface area contributed by atoms with E-state index in [4.69, 9.17) is 17.3 Å². The van der Waals surface area contributed by atoms with Gasteiger partial charge in [-0.2, -0.15) is 0 Å². The van der Waals surface area contributed by atoms with Crippen molar-refractivity contribution in [1.29, 1.82) is 0 Å². The lowest BCUT2D eigenvalue weighted by Crippen LogP contribution is -2.21. The maximum Gasteiger partial charge on any atom is 0.145 e. The zero-order valence-electron chi connectivity index (χ0n) is 11.2. The van der Waals surface area contributed by atoms with Gasteiger partial charge < -0.3 is 10.8 Å². The fraction of sp³-hybridized carbons (Fsp3) is 0.250. The summed E-state index contributed by atoms with van der Waals surface area (Å²) < 4.78 is 14.1. The fourth-order valence-electron chi connectivity index (χ4n) is 2.32. The summed E-state index contributed by atoms with van der Waals surface area (Å²) in [5.74, 6) is -1.05. The Kier molecular flexibility index (Phi) is 4.76. The van der Waals surface area contributed by atoms with E-state index in [2.05, 4.69) is 0 Å². The molecule has 0 radical (unpaired) electrons. The van der Waals surface area contributed by atoms with Crippen LogP contribution in [0.4, 0.5) is 4.39 Å². The number of halogens is 2. The second kappa shape index (κ2) is 6.35. The molecule has 0 heterocycles. The second-order valence-corrected chi connectivity index (χ2v) is 5.25. The Morgan fingerprint density at radius 2 is 1.95 bits per heavy atom. The van der Waals surface area contributed by atoms with Gasteiger partial charge in [0.15, 0.2) is 0 Å². The Balaban J connectivity index is 2.39. The quantitative estimate of drug-likeness (QED) is 0.905. The average molecular weight is 294 g/mol. The van der Waals surface area contributed by atoms with Gasteiger partial charge in [0.1, 0.15) is 5.82 Å². The highest BCUT2D eigenvalue weighted by molar-refractivity contribution is 6.30. The van der Waals surface area contributed by atoms with E-state index < -0.39 is 17.8 Å². The summed E-state index contributed by atoms with van der Waals surface area (Å²) in [4.78, 5) is 0. The van der Waals surface area contributed by atoms with Gasteiger partial charge in [0.2, 0.25) is 0 Å². The highest BCUT2D eigenvalue weighted by atomic mass is 35.5. The van der Waals surface area contributed by atoms with Crippen LogP contribution in [-0.4, -0.2) is 11.7 Å². The molecule has 4 heteroatoms. The summed E-state index contributed by atoms with van der Waals surface area (Å²) in [6.45, 7) is 2.07. The summed E-state index contributed by atoms with van der Waals surface area (Å²) >= 11 is 5.79. The van der Waals surface area contributed by atoms with Crippen molar-refractivity contribution in [2.45, 2.75) is 18.9 Å². The number of hydrogen-bond acceptors (Lipinski definition) is 2. The van der Waals surface area contributed by atoms with Gasteiger partial charge in [-0.15, -0.1) is 0 Å². The SMILES string of the molecule is Cc1cccc(C(O)C(CN)c2cccc(Cl)c2F)c1. The highest BCUT2D eigenvalue weighted by Crippen LogP contribution is 2.33. The molecule has 0 aliphatic heterocycles. The number of aliphatic hydroxyl groups is 1. The van der Waals surface area contributed by atoms with E-state index in [1.807, 2.05) is 31.2 Å². The molecule has 0 fully saturated rings. The number of benzene rings is 2. The van der Waals surface area contributed by atoms with Crippen molar-refractivity contribution in [2.75, 3.05) is 6.54 Å². The van der Waals surface area contributed by atoms with Gasteiger partial charge in [0.25, 0.3) is 0 Å². The third-order valence-corrected chi connectivity index (χ3v) is 3.69. The van der Waals surface area contributed by atoms with Crippen LogP contribution in [0.25, 0.3) is 0 Å². The van der Waals surface area contributed by atoms with Crippen LogP contribution < -0.4 is 5.73 Å². The molecule has 0 saturated carbocycles.